The van der Waals surface area contributed by atoms with E-state index in [1.807, 2.05) is 55.1 Å². The van der Waals surface area contributed by atoms with Crippen molar-refractivity contribution in [1.82, 2.24) is 9.47 Å². The molecule has 1 atom stereocenters. The molecule has 3 heterocycles. The number of anilines is 1. The van der Waals surface area contributed by atoms with Crippen LogP contribution >= 0.6 is 0 Å². The molecule has 186 valence electrons. The average Bonchev–Trinajstić information content (AvgIpc) is 3.39. The second kappa shape index (κ2) is 10.0. The van der Waals surface area contributed by atoms with Gasteiger partial charge in [-0.15, -0.1) is 0 Å². The van der Waals surface area contributed by atoms with Crippen LogP contribution in [0, 0.1) is 19.7 Å². The van der Waals surface area contributed by atoms with Gasteiger partial charge in [-0.05, 0) is 49.7 Å². The maximum absolute atomic E-state index is 14.4. The highest BCUT2D eigenvalue weighted by Crippen LogP contribution is 2.34. The molecule has 0 amide bonds. The van der Waals surface area contributed by atoms with Crippen molar-refractivity contribution in [3.8, 4) is 5.75 Å². The van der Waals surface area contributed by atoms with Crippen LogP contribution in [0.4, 0.5) is 10.1 Å². The summed E-state index contributed by atoms with van der Waals surface area (Å²) in [4.78, 5) is 18.1. The number of pyridine rings is 1. The Hall–Kier alpha value is -3.84. The zero-order chi connectivity index (χ0) is 25.2. The van der Waals surface area contributed by atoms with Crippen LogP contribution in [0.15, 0.2) is 82.2 Å². The van der Waals surface area contributed by atoms with E-state index in [1.54, 1.807) is 35.1 Å². The normalized spacial score (nSPS) is 15.2. The second-order valence-corrected chi connectivity index (χ2v) is 9.34. The topological polar surface area (TPSA) is 61.9 Å². The summed E-state index contributed by atoms with van der Waals surface area (Å²) in [6.07, 6.45) is 1.58. The van der Waals surface area contributed by atoms with Crippen LogP contribution in [0.25, 0.3) is 0 Å². The maximum Gasteiger partial charge on any atom is 0.260 e. The summed E-state index contributed by atoms with van der Waals surface area (Å²) in [5, 5.41) is 11.1. The van der Waals surface area contributed by atoms with Crippen LogP contribution in [-0.2, 0) is 6.54 Å². The Kier molecular flexibility index (Phi) is 6.65. The molecule has 1 saturated heterocycles. The molecule has 1 N–H and O–H groups in total. The summed E-state index contributed by atoms with van der Waals surface area (Å²) in [6, 6.07) is 19.7. The van der Waals surface area contributed by atoms with Gasteiger partial charge >= 0.3 is 0 Å². The summed E-state index contributed by atoms with van der Waals surface area (Å²) in [5.41, 5.74) is 3.39. The van der Waals surface area contributed by atoms with E-state index in [0.29, 0.717) is 48.9 Å². The van der Waals surface area contributed by atoms with Crippen LogP contribution < -0.4 is 10.5 Å². The van der Waals surface area contributed by atoms with E-state index >= 15 is 0 Å². The fourth-order valence-electron chi connectivity index (χ4n) is 5.02. The standard InChI is InChI=1S/C29H30FN3O3/c1-20-9-11-22(12-10-20)28(32-15-13-31(14-16-32)25-8-4-3-7-24(25)30)27-26(34)18-21(2)33(29(27)35)19-23-6-5-17-36-23/h3-12,17-18,28,34H,13-16,19H2,1-2H3/t28-/m0/s1. The molecule has 1 aliphatic heterocycles. The molecule has 1 fully saturated rings. The number of aromatic hydroxyl groups is 1. The van der Waals surface area contributed by atoms with Gasteiger partial charge in [0.1, 0.15) is 17.3 Å². The highest BCUT2D eigenvalue weighted by atomic mass is 19.1. The Labute approximate surface area is 209 Å². The molecular weight excluding hydrogens is 457 g/mol. The predicted molar refractivity (Wildman–Crippen MR) is 138 cm³/mol. The summed E-state index contributed by atoms with van der Waals surface area (Å²) < 4.78 is 21.5. The molecule has 0 spiro atoms. The van der Waals surface area contributed by atoms with Gasteiger partial charge in [0.15, 0.2) is 0 Å². The number of hydrogen-bond acceptors (Lipinski definition) is 5. The Morgan fingerprint density at radius 2 is 1.69 bits per heavy atom. The molecule has 0 bridgehead atoms. The van der Waals surface area contributed by atoms with Crippen LogP contribution in [-0.4, -0.2) is 40.8 Å². The van der Waals surface area contributed by atoms with E-state index in [2.05, 4.69) is 4.90 Å². The largest absolute Gasteiger partial charge is 0.507 e. The Morgan fingerprint density at radius 3 is 2.36 bits per heavy atom. The van der Waals surface area contributed by atoms with Gasteiger partial charge in [0.25, 0.3) is 5.56 Å². The van der Waals surface area contributed by atoms with Gasteiger partial charge in [-0.3, -0.25) is 9.69 Å². The van der Waals surface area contributed by atoms with Crippen molar-refractivity contribution in [3.63, 3.8) is 0 Å². The van der Waals surface area contributed by atoms with Crippen molar-refractivity contribution in [2.24, 2.45) is 0 Å². The summed E-state index contributed by atoms with van der Waals surface area (Å²) in [6.45, 7) is 6.54. The van der Waals surface area contributed by atoms with Crippen molar-refractivity contribution < 1.29 is 13.9 Å². The Morgan fingerprint density at radius 1 is 0.972 bits per heavy atom. The summed E-state index contributed by atoms with van der Waals surface area (Å²) >= 11 is 0. The number of nitrogens with zero attached hydrogens (tertiary/aromatic N) is 3. The molecule has 4 aromatic rings. The van der Waals surface area contributed by atoms with Gasteiger partial charge in [0, 0.05) is 31.9 Å². The summed E-state index contributed by atoms with van der Waals surface area (Å²) in [5.74, 6) is 0.413. The highest BCUT2D eigenvalue weighted by Gasteiger charge is 2.32. The molecule has 5 rings (SSSR count). The molecule has 6 nitrogen and oxygen atoms in total. The van der Waals surface area contributed by atoms with Crippen LogP contribution in [0.1, 0.15) is 34.2 Å². The highest BCUT2D eigenvalue weighted by molar-refractivity contribution is 5.48. The average molecular weight is 488 g/mol. The fourth-order valence-corrected chi connectivity index (χ4v) is 5.02. The van der Waals surface area contributed by atoms with Crippen molar-refractivity contribution in [3.05, 3.63) is 117 Å². The minimum atomic E-state index is -0.440. The molecule has 0 radical (unpaired) electrons. The van der Waals surface area contributed by atoms with Crippen LogP contribution in [0.2, 0.25) is 0 Å². The first-order valence-corrected chi connectivity index (χ1v) is 12.2. The molecule has 7 heteroatoms. The first-order valence-electron chi connectivity index (χ1n) is 12.2. The van der Waals surface area contributed by atoms with Crippen LogP contribution in [0.5, 0.6) is 5.75 Å². The molecule has 0 unspecified atom stereocenters. The minimum absolute atomic E-state index is 0.0182. The van der Waals surface area contributed by atoms with E-state index in [4.69, 9.17) is 4.42 Å². The number of rotatable bonds is 6. The van der Waals surface area contributed by atoms with E-state index < -0.39 is 6.04 Å². The molecule has 2 aromatic heterocycles. The smallest absolute Gasteiger partial charge is 0.260 e. The van der Waals surface area contributed by atoms with Gasteiger partial charge in [-0.25, -0.2) is 4.39 Å². The van der Waals surface area contributed by atoms with Crippen LogP contribution in [0.3, 0.4) is 0 Å². The Bertz CT molecular complexity index is 1390. The van der Waals surface area contributed by atoms with Crippen molar-refractivity contribution >= 4 is 5.69 Å². The molecule has 2 aromatic carbocycles. The van der Waals surface area contributed by atoms with Gasteiger partial charge in [0.05, 0.1) is 30.1 Å². The third-order valence-corrected chi connectivity index (χ3v) is 6.96. The molecule has 1 aliphatic rings. The van der Waals surface area contributed by atoms with Crippen molar-refractivity contribution in [2.75, 3.05) is 31.1 Å². The number of aryl methyl sites for hydroxylation is 2. The lowest BCUT2D eigenvalue weighted by Crippen LogP contribution is -2.49. The predicted octanol–water partition coefficient (Wildman–Crippen LogP) is 4.86. The van der Waals surface area contributed by atoms with Crippen molar-refractivity contribution in [1.29, 1.82) is 0 Å². The number of piperazine rings is 1. The monoisotopic (exact) mass is 487 g/mol. The fraction of sp³-hybridized carbons (Fsp3) is 0.276. The SMILES string of the molecule is Cc1ccc([C@@H](c2c(O)cc(C)n(Cc3ccco3)c2=O)N2CCN(c3ccccc3F)CC2)cc1. The van der Waals surface area contributed by atoms with Gasteiger partial charge < -0.3 is 19.0 Å². The second-order valence-electron chi connectivity index (χ2n) is 9.34. The number of hydrogen-bond donors (Lipinski definition) is 1. The maximum atomic E-state index is 14.4. The van der Waals surface area contributed by atoms with Gasteiger partial charge in [-0.1, -0.05) is 42.0 Å². The number of furan rings is 1. The quantitative estimate of drug-likeness (QED) is 0.421. The molecule has 36 heavy (non-hydrogen) atoms. The first kappa shape index (κ1) is 23.9. The zero-order valence-electron chi connectivity index (χ0n) is 20.5. The lowest BCUT2D eigenvalue weighted by molar-refractivity contribution is 0.207. The van der Waals surface area contributed by atoms with E-state index in [9.17, 15) is 14.3 Å². The van der Waals surface area contributed by atoms with Crippen molar-refractivity contribution in [2.45, 2.75) is 26.4 Å². The Balaban J connectivity index is 1.53. The molecule has 0 saturated carbocycles. The lowest BCUT2D eigenvalue weighted by atomic mass is 9.95. The molecule has 0 aliphatic carbocycles. The number of para-hydroxylation sites is 1. The molecular formula is C29H30FN3O3. The van der Waals surface area contributed by atoms with E-state index in [1.165, 1.54) is 6.07 Å². The van der Waals surface area contributed by atoms with E-state index in [-0.39, 0.29) is 23.7 Å². The minimum Gasteiger partial charge on any atom is -0.507 e. The third-order valence-electron chi connectivity index (χ3n) is 6.96. The number of benzene rings is 2. The first-order chi connectivity index (χ1) is 17.4. The van der Waals surface area contributed by atoms with Gasteiger partial charge in [-0.2, -0.15) is 0 Å². The van der Waals surface area contributed by atoms with E-state index in [0.717, 1.165) is 11.1 Å². The summed E-state index contributed by atoms with van der Waals surface area (Å²) in [7, 11) is 0. The third kappa shape index (κ3) is 4.66. The number of aromatic nitrogens is 1. The van der Waals surface area contributed by atoms with Gasteiger partial charge in [0.2, 0.25) is 0 Å². The lowest BCUT2D eigenvalue weighted by Gasteiger charge is -2.40. The zero-order valence-corrected chi connectivity index (χ0v) is 20.5. The number of halogens is 1.